The Morgan fingerprint density at radius 3 is 2.40 bits per heavy atom. The van der Waals surface area contributed by atoms with Gasteiger partial charge in [0.15, 0.2) is 0 Å². The van der Waals surface area contributed by atoms with Crippen LogP contribution in [0.25, 0.3) is 0 Å². The molecule has 2 rings (SSSR count). The van der Waals surface area contributed by atoms with E-state index in [4.69, 9.17) is 4.52 Å². The molecule has 2 atom stereocenters. The van der Waals surface area contributed by atoms with Crippen LogP contribution < -0.4 is 5.32 Å². The highest BCUT2D eigenvalue weighted by Gasteiger charge is 2.19. The van der Waals surface area contributed by atoms with Crippen LogP contribution >= 0.6 is 31.9 Å². The van der Waals surface area contributed by atoms with E-state index in [1.165, 1.54) is 5.56 Å². The minimum absolute atomic E-state index is 0.187. The second kappa shape index (κ2) is 6.41. The Bertz CT molecular complexity index is 590. The lowest BCUT2D eigenvalue weighted by Gasteiger charge is -2.21. The molecule has 0 aliphatic rings. The van der Waals surface area contributed by atoms with Crippen LogP contribution in [0.1, 0.15) is 48.5 Å². The molecule has 0 spiro atoms. The monoisotopic (exact) mass is 400 g/mol. The van der Waals surface area contributed by atoms with Crippen molar-refractivity contribution in [1.82, 2.24) is 10.5 Å². The third-order valence-corrected chi connectivity index (χ3v) is 4.63. The third kappa shape index (κ3) is 3.32. The van der Waals surface area contributed by atoms with Gasteiger partial charge in [-0.1, -0.05) is 43.1 Å². The molecule has 5 heteroatoms. The van der Waals surface area contributed by atoms with Crippen LogP contribution in [0, 0.1) is 13.8 Å². The fraction of sp³-hybridized carbons (Fsp3) is 0.400. The highest BCUT2D eigenvalue weighted by Crippen LogP contribution is 2.29. The quantitative estimate of drug-likeness (QED) is 0.762. The molecule has 1 heterocycles. The van der Waals surface area contributed by atoms with Crippen LogP contribution in [0.3, 0.4) is 0 Å². The average molecular weight is 402 g/mol. The number of aromatic nitrogens is 1. The summed E-state index contributed by atoms with van der Waals surface area (Å²) >= 11 is 7.09. The molecule has 0 fully saturated rings. The maximum absolute atomic E-state index is 5.24. The van der Waals surface area contributed by atoms with Gasteiger partial charge < -0.3 is 9.84 Å². The number of nitrogens with one attached hydrogen (secondary N) is 1. The van der Waals surface area contributed by atoms with E-state index in [9.17, 15) is 0 Å². The van der Waals surface area contributed by atoms with Gasteiger partial charge in [-0.05, 0) is 45.4 Å². The van der Waals surface area contributed by atoms with Gasteiger partial charge in [0.05, 0.1) is 5.69 Å². The molecule has 0 aliphatic heterocycles. The topological polar surface area (TPSA) is 38.1 Å². The zero-order valence-corrected chi connectivity index (χ0v) is 15.2. The van der Waals surface area contributed by atoms with E-state index in [2.05, 4.69) is 74.4 Å². The number of rotatable bonds is 4. The standard InChI is InChI=1S/C15H18Br2N2O/c1-8(13-6-5-12(16)7-14(13)17)18-9(2)15-10(3)19-20-11(15)4/h5-9,18H,1-4H3. The molecule has 0 aliphatic carbocycles. The van der Waals surface area contributed by atoms with Gasteiger partial charge in [0.2, 0.25) is 0 Å². The lowest BCUT2D eigenvalue weighted by atomic mass is 10.0. The first-order chi connectivity index (χ1) is 9.40. The van der Waals surface area contributed by atoms with Crippen molar-refractivity contribution in [3.8, 4) is 0 Å². The minimum Gasteiger partial charge on any atom is -0.361 e. The summed E-state index contributed by atoms with van der Waals surface area (Å²) in [5, 5.41) is 7.61. The van der Waals surface area contributed by atoms with Crippen molar-refractivity contribution in [1.29, 1.82) is 0 Å². The molecule has 1 aromatic carbocycles. The van der Waals surface area contributed by atoms with E-state index >= 15 is 0 Å². The number of halogens is 2. The summed E-state index contributed by atoms with van der Waals surface area (Å²) in [5.74, 6) is 0.879. The van der Waals surface area contributed by atoms with E-state index in [0.717, 1.165) is 26.0 Å². The van der Waals surface area contributed by atoms with Gasteiger partial charge in [0, 0.05) is 26.6 Å². The van der Waals surface area contributed by atoms with E-state index < -0.39 is 0 Å². The first-order valence-corrected chi connectivity index (χ1v) is 8.12. The molecule has 0 radical (unpaired) electrons. The smallest absolute Gasteiger partial charge is 0.138 e. The van der Waals surface area contributed by atoms with Crippen LogP contribution in [0.2, 0.25) is 0 Å². The number of nitrogens with zero attached hydrogens (tertiary/aromatic N) is 1. The lowest BCUT2D eigenvalue weighted by Crippen LogP contribution is -2.23. The fourth-order valence-electron chi connectivity index (χ4n) is 2.51. The number of hydrogen-bond acceptors (Lipinski definition) is 3. The second-order valence-corrected chi connectivity index (χ2v) is 6.78. The Hall–Kier alpha value is -0.650. The van der Waals surface area contributed by atoms with Gasteiger partial charge in [-0.15, -0.1) is 0 Å². The van der Waals surface area contributed by atoms with E-state index in [1.54, 1.807) is 0 Å². The van der Waals surface area contributed by atoms with Crippen LogP contribution in [0.15, 0.2) is 31.7 Å². The van der Waals surface area contributed by atoms with Gasteiger partial charge >= 0.3 is 0 Å². The molecule has 2 unspecified atom stereocenters. The molecule has 0 saturated carbocycles. The van der Waals surface area contributed by atoms with E-state index in [0.29, 0.717) is 0 Å². The molecule has 1 aromatic heterocycles. The summed E-state index contributed by atoms with van der Waals surface area (Å²) in [4.78, 5) is 0. The van der Waals surface area contributed by atoms with Crippen LogP contribution in [-0.2, 0) is 0 Å². The maximum Gasteiger partial charge on any atom is 0.138 e. The minimum atomic E-state index is 0.187. The molecule has 0 saturated heterocycles. The van der Waals surface area contributed by atoms with Crippen LogP contribution in [0.5, 0.6) is 0 Å². The summed E-state index contributed by atoms with van der Waals surface area (Å²) in [6.45, 7) is 8.22. The normalized spacial score (nSPS) is 14.3. The van der Waals surface area contributed by atoms with Crippen molar-refractivity contribution in [2.24, 2.45) is 0 Å². The molecule has 3 nitrogen and oxygen atoms in total. The summed E-state index contributed by atoms with van der Waals surface area (Å²) in [6, 6.07) is 6.65. The predicted octanol–water partition coefficient (Wildman–Crippen LogP) is 5.23. The van der Waals surface area contributed by atoms with Crippen molar-refractivity contribution < 1.29 is 4.52 Å². The molecular weight excluding hydrogens is 384 g/mol. The first kappa shape index (κ1) is 15.7. The molecule has 0 bridgehead atoms. The Morgan fingerprint density at radius 2 is 1.85 bits per heavy atom. The molecule has 108 valence electrons. The van der Waals surface area contributed by atoms with Crippen molar-refractivity contribution in [3.05, 3.63) is 49.7 Å². The van der Waals surface area contributed by atoms with Crippen molar-refractivity contribution in [3.63, 3.8) is 0 Å². The second-order valence-electron chi connectivity index (χ2n) is 5.01. The summed E-state index contributed by atoms with van der Waals surface area (Å²) < 4.78 is 7.40. The predicted molar refractivity (Wildman–Crippen MR) is 87.8 cm³/mol. The summed E-state index contributed by atoms with van der Waals surface area (Å²) in [5.41, 5.74) is 3.32. The van der Waals surface area contributed by atoms with Gasteiger partial charge in [-0.25, -0.2) is 0 Å². The Morgan fingerprint density at radius 1 is 1.15 bits per heavy atom. The summed E-state index contributed by atoms with van der Waals surface area (Å²) in [7, 11) is 0. The SMILES string of the molecule is Cc1noc(C)c1C(C)NC(C)c1ccc(Br)cc1Br. The van der Waals surface area contributed by atoms with Crippen LogP contribution in [-0.4, -0.2) is 5.16 Å². The Kier molecular flexibility index (Phi) is 5.04. The van der Waals surface area contributed by atoms with Crippen molar-refractivity contribution >= 4 is 31.9 Å². The van der Waals surface area contributed by atoms with Crippen molar-refractivity contribution in [2.45, 2.75) is 39.8 Å². The van der Waals surface area contributed by atoms with Gasteiger partial charge in [0.1, 0.15) is 5.76 Å². The number of hydrogen-bond donors (Lipinski definition) is 1. The van der Waals surface area contributed by atoms with Gasteiger partial charge in [-0.2, -0.15) is 0 Å². The lowest BCUT2D eigenvalue weighted by molar-refractivity contribution is 0.389. The Labute approximate surface area is 136 Å². The zero-order valence-electron chi connectivity index (χ0n) is 12.0. The zero-order chi connectivity index (χ0) is 14.9. The van der Waals surface area contributed by atoms with Gasteiger partial charge in [0.25, 0.3) is 0 Å². The third-order valence-electron chi connectivity index (χ3n) is 3.45. The molecule has 20 heavy (non-hydrogen) atoms. The van der Waals surface area contributed by atoms with Crippen LogP contribution in [0.4, 0.5) is 0 Å². The van der Waals surface area contributed by atoms with Gasteiger partial charge in [-0.3, -0.25) is 0 Å². The summed E-state index contributed by atoms with van der Waals surface area (Å²) in [6.07, 6.45) is 0. The molecular formula is C15H18Br2N2O. The highest BCUT2D eigenvalue weighted by molar-refractivity contribution is 9.11. The fourth-order valence-corrected chi connectivity index (χ4v) is 3.90. The average Bonchev–Trinajstić information content (AvgIpc) is 2.68. The molecule has 2 aromatic rings. The largest absolute Gasteiger partial charge is 0.361 e. The molecule has 0 amide bonds. The van der Waals surface area contributed by atoms with Crippen molar-refractivity contribution in [2.75, 3.05) is 0 Å². The highest BCUT2D eigenvalue weighted by atomic mass is 79.9. The number of benzene rings is 1. The molecule has 1 N–H and O–H groups in total. The van der Waals surface area contributed by atoms with E-state index in [1.807, 2.05) is 13.8 Å². The Balaban J connectivity index is 2.17. The first-order valence-electron chi connectivity index (χ1n) is 6.54. The van der Waals surface area contributed by atoms with E-state index in [-0.39, 0.29) is 12.1 Å². The number of aryl methyl sites for hydroxylation is 2. The maximum atomic E-state index is 5.24.